The summed E-state index contributed by atoms with van der Waals surface area (Å²) >= 11 is 0. The van der Waals surface area contributed by atoms with Crippen LogP contribution in [0.25, 0.3) is 0 Å². The first-order valence-corrected chi connectivity index (χ1v) is 5.40. The molecule has 1 saturated heterocycles. The number of ether oxygens (including phenoxy) is 1. The number of nitrogens with two attached hydrogens (primary N) is 1. The highest BCUT2D eigenvalue weighted by Gasteiger charge is 2.24. The lowest BCUT2D eigenvalue weighted by atomic mass is 9.89. The van der Waals surface area contributed by atoms with Gasteiger partial charge in [0.15, 0.2) is 0 Å². The lowest BCUT2D eigenvalue weighted by molar-refractivity contribution is 0.0489. The van der Waals surface area contributed by atoms with Gasteiger partial charge >= 0.3 is 0 Å². The minimum Gasteiger partial charge on any atom is -0.381 e. The molecule has 0 saturated carbocycles. The van der Waals surface area contributed by atoms with Gasteiger partial charge in [-0.3, -0.25) is 0 Å². The molecule has 0 amide bonds. The zero-order chi connectivity index (χ0) is 9.10. The Hall–Kier alpha value is -0.340. The van der Waals surface area contributed by atoms with E-state index in [-0.39, 0.29) is 6.04 Å². The van der Waals surface area contributed by atoms with Crippen LogP contribution in [0.2, 0.25) is 0 Å². The largest absolute Gasteiger partial charge is 0.381 e. The smallest absolute Gasteiger partial charge is 0.0512 e. The third-order valence-corrected chi connectivity index (χ3v) is 3.21. The second-order valence-corrected chi connectivity index (χ2v) is 4.17. The first kappa shape index (κ1) is 9.22. The molecule has 13 heavy (non-hydrogen) atoms. The lowest BCUT2D eigenvalue weighted by Gasteiger charge is -2.28. The molecule has 2 atom stereocenters. The van der Waals surface area contributed by atoms with Crippen molar-refractivity contribution in [2.75, 3.05) is 13.2 Å². The van der Waals surface area contributed by atoms with Crippen molar-refractivity contribution >= 4 is 0 Å². The summed E-state index contributed by atoms with van der Waals surface area (Å²) in [6.45, 7) is 1.81. The molecule has 1 aliphatic heterocycles. The predicted octanol–water partition coefficient (Wildman–Crippen LogP) is 1.85. The predicted molar refractivity (Wildman–Crippen MR) is 53.5 cm³/mol. The van der Waals surface area contributed by atoms with Crippen molar-refractivity contribution in [1.82, 2.24) is 0 Å². The van der Waals surface area contributed by atoms with Gasteiger partial charge in [-0.2, -0.15) is 0 Å². The maximum atomic E-state index is 6.21. The Kier molecular flexibility index (Phi) is 3.01. The molecule has 0 bridgehead atoms. The van der Waals surface area contributed by atoms with E-state index in [4.69, 9.17) is 10.5 Å². The molecule has 0 aromatic heterocycles. The number of allylic oxidation sites excluding steroid dienone is 1. The van der Waals surface area contributed by atoms with Crippen LogP contribution in [-0.4, -0.2) is 19.3 Å². The summed E-state index contributed by atoms with van der Waals surface area (Å²) in [5, 5.41) is 0. The van der Waals surface area contributed by atoms with E-state index in [1.54, 1.807) is 0 Å². The van der Waals surface area contributed by atoms with Gasteiger partial charge in [0.25, 0.3) is 0 Å². The van der Waals surface area contributed by atoms with E-state index in [0.717, 1.165) is 13.2 Å². The van der Waals surface area contributed by atoms with Crippen molar-refractivity contribution < 1.29 is 4.74 Å². The molecule has 1 fully saturated rings. The fraction of sp³-hybridized carbons (Fsp3) is 0.818. The van der Waals surface area contributed by atoms with Gasteiger partial charge in [-0.15, -0.1) is 0 Å². The number of hydrogen-bond acceptors (Lipinski definition) is 2. The molecule has 2 N–H and O–H groups in total. The fourth-order valence-electron chi connectivity index (χ4n) is 2.35. The lowest BCUT2D eigenvalue weighted by Crippen LogP contribution is -2.36. The average Bonchev–Trinajstić information content (AvgIpc) is 2.71. The van der Waals surface area contributed by atoms with Crippen LogP contribution in [0, 0.1) is 5.92 Å². The van der Waals surface area contributed by atoms with Crippen molar-refractivity contribution in [1.29, 1.82) is 0 Å². The Morgan fingerprint density at radius 1 is 1.46 bits per heavy atom. The quantitative estimate of drug-likeness (QED) is 0.660. The van der Waals surface area contributed by atoms with Crippen LogP contribution in [0.1, 0.15) is 32.1 Å². The van der Waals surface area contributed by atoms with Crippen LogP contribution in [0.4, 0.5) is 0 Å². The van der Waals surface area contributed by atoms with E-state index in [1.165, 1.54) is 37.7 Å². The minimum absolute atomic E-state index is 0.280. The Balaban J connectivity index is 1.90. The first-order valence-electron chi connectivity index (χ1n) is 5.40. The topological polar surface area (TPSA) is 35.2 Å². The van der Waals surface area contributed by atoms with E-state index in [1.807, 2.05) is 0 Å². The summed E-state index contributed by atoms with van der Waals surface area (Å²) in [6.07, 6.45) is 8.52. The molecule has 2 nitrogen and oxygen atoms in total. The second kappa shape index (κ2) is 4.25. The van der Waals surface area contributed by atoms with Gasteiger partial charge < -0.3 is 10.5 Å². The van der Waals surface area contributed by atoms with Crippen molar-refractivity contribution in [2.45, 2.75) is 38.1 Å². The average molecular weight is 181 g/mol. The van der Waals surface area contributed by atoms with Gasteiger partial charge in [-0.05, 0) is 32.1 Å². The van der Waals surface area contributed by atoms with Crippen LogP contribution >= 0.6 is 0 Å². The second-order valence-electron chi connectivity index (χ2n) is 4.17. The van der Waals surface area contributed by atoms with Gasteiger partial charge in [-0.25, -0.2) is 0 Å². The Bertz CT molecular complexity index is 194. The summed E-state index contributed by atoms with van der Waals surface area (Å²) in [5.41, 5.74) is 7.69. The van der Waals surface area contributed by atoms with Crippen LogP contribution in [0.15, 0.2) is 11.6 Å². The number of rotatable bonds is 2. The van der Waals surface area contributed by atoms with Crippen molar-refractivity contribution in [2.24, 2.45) is 11.7 Å². The van der Waals surface area contributed by atoms with E-state index in [2.05, 4.69) is 6.08 Å². The molecule has 2 rings (SSSR count). The Labute approximate surface area is 80.1 Å². The Morgan fingerprint density at radius 2 is 2.38 bits per heavy atom. The molecule has 0 radical (unpaired) electrons. The zero-order valence-electron chi connectivity index (χ0n) is 8.17. The van der Waals surface area contributed by atoms with Gasteiger partial charge in [0.1, 0.15) is 0 Å². The molecular weight excluding hydrogens is 162 g/mol. The molecule has 2 unspecified atom stereocenters. The van der Waals surface area contributed by atoms with Gasteiger partial charge in [-0.1, -0.05) is 11.6 Å². The summed E-state index contributed by atoms with van der Waals surface area (Å²) in [5.74, 6) is 0.582. The molecule has 0 aromatic rings. The maximum Gasteiger partial charge on any atom is 0.0512 e. The minimum atomic E-state index is 0.280. The van der Waals surface area contributed by atoms with Gasteiger partial charge in [0, 0.05) is 18.6 Å². The highest BCUT2D eigenvalue weighted by Crippen LogP contribution is 2.27. The standard InChI is InChI=1S/C11H19NO/c12-11(9-4-1-2-5-9)10-6-3-7-13-8-10/h4,10-11H,1-3,5-8,12H2. The van der Waals surface area contributed by atoms with E-state index < -0.39 is 0 Å². The van der Waals surface area contributed by atoms with Crippen molar-refractivity contribution in [3.8, 4) is 0 Å². The van der Waals surface area contributed by atoms with Crippen molar-refractivity contribution in [3.63, 3.8) is 0 Å². The molecule has 0 spiro atoms. The normalized spacial score (nSPS) is 31.5. The molecule has 2 aliphatic rings. The molecule has 1 heterocycles. The van der Waals surface area contributed by atoms with Gasteiger partial charge in [0.2, 0.25) is 0 Å². The molecular formula is C11H19NO. The van der Waals surface area contributed by atoms with E-state index in [0.29, 0.717) is 5.92 Å². The van der Waals surface area contributed by atoms with Crippen LogP contribution in [-0.2, 0) is 4.74 Å². The Morgan fingerprint density at radius 3 is 3.00 bits per heavy atom. The zero-order valence-corrected chi connectivity index (χ0v) is 8.17. The summed E-state index contributed by atoms with van der Waals surface area (Å²) < 4.78 is 5.46. The molecule has 0 aromatic carbocycles. The molecule has 74 valence electrons. The maximum absolute atomic E-state index is 6.21. The van der Waals surface area contributed by atoms with E-state index in [9.17, 15) is 0 Å². The van der Waals surface area contributed by atoms with Crippen molar-refractivity contribution in [3.05, 3.63) is 11.6 Å². The van der Waals surface area contributed by atoms with Crippen LogP contribution in [0.5, 0.6) is 0 Å². The highest BCUT2D eigenvalue weighted by atomic mass is 16.5. The third kappa shape index (κ3) is 2.12. The SMILES string of the molecule is NC(C1=CCCC1)C1CCCOC1. The van der Waals surface area contributed by atoms with Crippen LogP contribution in [0.3, 0.4) is 0 Å². The highest BCUT2D eigenvalue weighted by molar-refractivity contribution is 5.15. The monoisotopic (exact) mass is 181 g/mol. The summed E-state index contributed by atoms with van der Waals surface area (Å²) in [4.78, 5) is 0. The molecule has 2 heteroatoms. The first-order chi connectivity index (χ1) is 6.38. The molecule has 1 aliphatic carbocycles. The fourth-order valence-corrected chi connectivity index (χ4v) is 2.35. The van der Waals surface area contributed by atoms with Gasteiger partial charge in [0.05, 0.1) is 6.61 Å². The van der Waals surface area contributed by atoms with Crippen LogP contribution < -0.4 is 5.73 Å². The summed E-state index contributed by atoms with van der Waals surface area (Å²) in [7, 11) is 0. The number of hydrogen-bond donors (Lipinski definition) is 1. The third-order valence-electron chi connectivity index (χ3n) is 3.21. The van der Waals surface area contributed by atoms with E-state index >= 15 is 0 Å². The summed E-state index contributed by atoms with van der Waals surface area (Å²) in [6, 6.07) is 0.280.